The molecule has 0 fully saturated rings. The molecule has 0 aromatic carbocycles. The van der Waals surface area contributed by atoms with Gasteiger partial charge < -0.3 is 9.90 Å². The van der Waals surface area contributed by atoms with Crippen LogP contribution in [0.2, 0.25) is 0 Å². The number of hydrogen-bond donors (Lipinski definition) is 0. The van der Waals surface area contributed by atoms with E-state index in [2.05, 4.69) is 0 Å². The van der Waals surface area contributed by atoms with Crippen LogP contribution in [-0.2, 0) is 4.79 Å². The number of carbonyl (C=O) groups is 1. The van der Waals surface area contributed by atoms with Crippen molar-refractivity contribution in [3.63, 3.8) is 0 Å². The summed E-state index contributed by atoms with van der Waals surface area (Å²) in [6, 6.07) is 0. The zero-order chi connectivity index (χ0) is 5.58. The van der Waals surface area contributed by atoms with E-state index in [4.69, 9.17) is 9.90 Å². The fourth-order valence-corrected chi connectivity index (χ4v) is 0. The van der Waals surface area contributed by atoms with Crippen LogP contribution in [0.25, 0.3) is 0 Å². The Morgan fingerprint density at radius 3 is 1.43 bits per heavy atom. The van der Waals surface area contributed by atoms with Crippen LogP contribution in [0.1, 0.15) is 20.8 Å². The SMILES string of the molecule is CC.CC(=O)[O-].[Na+]. The molecule has 0 aromatic heterocycles. The first kappa shape index (κ1) is 15.6. The summed E-state index contributed by atoms with van der Waals surface area (Å²) >= 11 is 0. The van der Waals surface area contributed by atoms with Crippen LogP contribution in [0, 0.1) is 0 Å². The Morgan fingerprint density at radius 1 is 1.43 bits per heavy atom. The summed E-state index contributed by atoms with van der Waals surface area (Å²) in [7, 11) is 0. The number of carboxylic acid groups (broad SMARTS) is 1. The van der Waals surface area contributed by atoms with Gasteiger partial charge in [0, 0.05) is 5.97 Å². The molecule has 7 heavy (non-hydrogen) atoms. The second-order valence-electron chi connectivity index (χ2n) is 0.492. The summed E-state index contributed by atoms with van der Waals surface area (Å²) in [5, 5.41) is 8.89. The van der Waals surface area contributed by atoms with Crippen LogP contribution in [0.3, 0.4) is 0 Å². The summed E-state index contributed by atoms with van der Waals surface area (Å²) in [6.45, 7) is 4.97. The van der Waals surface area contributed by atoms with Crippen LogP contribution in [0.15, 0.2) is 0 Å². The number of carbonyl (C=O) groups excluding carboxylic acids is 1. The minimum atomic E-state index is -1.08. The third kappa shape index (κ3) is 585. The second-order valence-corrected chi connectivity index (χ2v) is 0.492. The maximum absolute atomic E-state index is 8.89. The third-order valence-corrected chi connectivity index (χ3v) is 0. The van der Waals surface area contributed by atoms with E-state index in [0.29, 0.717) is 0 Å². The first-order chi connectivity index (χ1) is 2.73. The molecule has 0 radical (unpaired) electrons. The molecular weight excluding hydrogens is 103 g/mol. The Hall–Kier alpha value is 0.470. The van der Waals surface area contributed by atoms with E-state index in [9.17, 15) is 0 Å². The topological polar surface area (TPSA) is 40.1 Å². The van der Waals surface area contributed by atoms with Crippen LogP contribution < -0.4 is 34.7 Å². The van der Waals surface area contributed by atoms with Gasteiger partial charge in [0.15, 0.2) is 0 Å². The zero-order valence-electron chi connectivity index (χ0n) is 5.32. The van der Waals surface area contributed by atoms with Gasteiger partial charge in [0.25, 0.3) is 0 Å². The van der Waals surface area contributed by atoms with Crippen molar-refractivity contribution >= 4 is 5.97 Å². The maximum atomic E-state index is 8.89. The fourth-order valence-electron chi connectivity index (χ4n) is 0. The van der Waals surface area contributed by atoms with Gasteiger partial charge in [0.05, 0.1) is 0 Å². The Morgan fingerprint density at radius 2 is 1.43 bits per heavy atom. The van der Waals surface area contributed by atoms with Crippen molar-refractivity contribution in [2.45, 2.75) is 20.8 Å². The van der Waals surface area contributed by atoms with E-state index in [1.165, 1.54) is 0 Å². The average molecular weight is 112 g/mol. The normalized spacial score (nSPS) is 4.43. The molecule has 0 saturated heterocycles. The molecule has 0 aliphatic carbocycles. The van der Waals surface area contributed by atoms with Gasteiger partial charge in [-0.15, -0.1) is 0 Å². The molecular formula is C4H9NaO2. The maximum Gasteiger partial charge on any atom is 1.00 e. The molecule has 0 saturated carbocycles. The predicted octanol–water partition coefficient (Wildman–Crippen LogP) is -3.21. The van der Waals surface area contributed by atoms with Gasteiger partial charge in [-0.25, -0.2) is 0 Å². The minimum absolute atomic E-state index is 0. The molecule has 2 nitrogen and oxygen atoms in total. The predicted molar refractivity (Wildman–Crippen MR) is 22.0 cm³/mol. The second kappa shape index (κ2) is 16.1. The molecule has 0 aliphatic heterocycles. The van der Waals surface area contributed by atoms with E-state index in [1.807, 2.05) is 13.8 Å². The van der Waals surface area contributed by atoms with Gasteiger partial charge >= 0.3 is 29.6 Å². The standard InChI is InChI=1S/C2H4O2.C2H6.Na/c1-2(3)4;1-2;/h1H3,(H,3,4);1-2H3;/q;;+1/p-1. The first-order valence-corrected chi connectivity index (χ1v) is 1.91. The number of hydrogen-bond acceptors (Lipinski definition) is 2. The quantitative estimate of drug-likeness (QED) is 0.309. The molecule has 0 aromatic rings. The van der Waals surface area contributed by atoms with Crippen molar-refractivity contribution in [1.29, 1.82) is 0 Å². The summed E-state index contributed by atoms with van der Waals surface area (Å²) in [4.78, 5) is 8.89. The smallest absolute Gasteiger partial charge is 0.550 e. The molecule has 38 valence electrons. The Balaban J connectivity index is -0.0000000480. The van der Waals surface area contributed by atoms with Gasteiger partial charge in [0.2, 0.25) is 0 Å². The molecule has 0 unspecified atom stereocenters. The van der Waals surface area contributed by atoms with Crippen molar-refractivity contribution in [2.75, 3.05) is 0 Å². The molecule has 3 heteroatoms. The molecule has 0 N–H and O–H groups in total. The van der Waals surface area contributed by atoms with Gasteiger partial charge in [-0.3, -0.25) is 0 Å². The Kier molecular flexibility index (Phi) is 35.9. The summed E-state index contributed by atoms with van der Waals surface area (Å²) < 4.78 is 0. The summed E-state index contributed by atoms with van der Waals surface area (Å²) in [5.41, 5.74) is 0. The van der Waals surface area contributed by atoms with E-state index in [1.54, 1.807) is 0 Å². The van der Waals surface area contributed by atoms with Crippen molar-refractivity contribution in [3.8, 4) is 0 Å². The number of aliphatic carboxylic acids is 1. The molecule has 0 amide bonds. The van der Waals surface area contributed by atoms with Crippen molar-refractivity contribution in [1.82, 2.24) is 0 Å². The first-order valence-electron chi connectivity index (χ1n) is 1.91. The number of rotatable bonds is 0. The van der Waals surface area contributed by atoms with E-state index < -0.39 is 5.97 Å². The van der Waals surface area contributed by atoms with E-state index >= 15 is 0 Å². The molecule has 0 rings (SSSR count). The fraction of sp³-hybridized carbons (Fsp3) is 0.750. The van der Waals surface area contributed by atoms with Gasteiger partial charge in [-0.05, 0) is 6.92 Å². The van der Waals surface area contributed by atoms with Crippen LogP contribution >= 0.6 is 0 Å². The van der Waals surface area contributed by atoms with Crippen LogP contribution in [-0.4, -0.2) is 5.97 Å². The van der Waals surface area contributed by atoms with Gasteiger partial charge in [-0.2, -0.15) is 0 Å². The molecule has 0 aliphatic rings. The van der Waals surface area contributed by atoms with E-state index in [0.717, 1.165) is 6.92 Å². The van der Waals surface area contributed by atoms with Crippen LogP contribution in [0.5, 0.6) is 0 Å². The third-order valence-electron chi connectivity index (χ3n) is 0. The Labute approximate surface area is 66.2 Å². The monoisotopic (exact) mass is 112 g/mol. The summed E-state index contributed by atoms with van der Waals surface area (Å²) in [6.07, 6.45) is 0. The van der Waals surface area contributed by atoms with Crippen molar-refractivity contribution in [2.24, 2.45) is 0 Å². The minimum Gasteiger partial charge on any atom is -0.550 e. The molecule has 0 spiro atoms. The van der Waals surface area contributed by atoms with Crippen molar-refractivity contribution in [3.05, 3.63) is 0 Å². The van der Waals surface area contributed by atoms with Crippen molar-refractivity contribution < 1.29 is 39.5 Å². The van der Waals surface area contributed by atoms with Gasteiger partial charge in [0.1, 0.15) is 0 Å². The molecule has 0 atom stereocenters. The zero-order valence-corrected chi connectivity index (χ0v) is 7.32. The van der Waals surface area contributed by atoms with E-state index in [-0.39, 0.29) is 29.6 Å². The number of carboxylic acids is 1. The largest absolute Gasteiger partial charge is 1.00 e. The summed E-state index contributed by atoms with van der Waals surface area (Å²) in [5.74, 6) is -1.08. The van der Waals surface area contributed by atoms with Gasteiger partial charge in [-0.1, -0.05) is 13.8 Å². The van der Waals surface area contributed by atoms with Crippen LogP contribution in [0.4, 0.5) is 0 Å². The Bertz CT molecular complexity index is 32.7. The average Bonchev–Trinajstić information content (AvgIpc) is 1.41. The molecule has 0 bridgehead atoms. The molecule has 0 heterocycles.